The van der Waals surface area contributed by atoms with E-state index in [-0.39, 0.29) is 12.1 Å². The molecule has 1 aliphatic carbocycles. The van der Waals surface area contributed by atoms with Crippen LogP contribution in [-0.2, 0) is 9.53 Å². The summed E-state index contributed by atoms with van der Waals surface area (Å²) in [7, 11) is 1.61. The van der Waals surface area contributed by atoms with Crippen molar-refractivity contribution in [2.45, 2.75) is 77.4 Å². The van der Waals surface area contributed by atoms with Gasteiger partial charge in [-0.2, -0.15) is 4.68 Å². The Morgan fingerprint density at radius 3 is 2.76 bits per heavy atom. The van der Waals surface area contributed by atoms with Gasteiger partial charge in [-0.05, 0) is 67.2 Å². The van der Waals surface area contributed by atoms with Gasteiger partial charge in [0.2, 0.25) is 5.95 Å². The van der Waals surface area contributed by atoms with Crippen LogP contribution in [0.15, 0.2) is 29.5 Å². The van der Waals surface area contributed by atoms with Crippen molar-refractivity contribution in [1.29, 1.82) is 0 Å². The molecule has 9 nitrogen and oxygen atoms in total. The number of aromatic nitrogens is 4. The van der Waals surface area contributed by atoms with Crippen molar-refractivity contribution >= 4 is 11.9 Å². The first-order chi connectivity index (χ1) is 16.1. The fourth-order valence-corrected chi connectivity index (χ4v) is 4.49. The van der Waals surface area contributed by atoms with Gasteiger partial charge in [-0.25, -0.2) is 4.79 Å². The van der Waals surface area contributed by atoms with E-state index >= 15 is 0 Å². The van der Waals surface area contributed by atoms with Crippen LogP contribution in [0.4, 0.5) is 5.95 Å². The van der Waals surface area contributed by atoms with E-state index in [1.165, 1.54) is 6.42 Å². The summed E-state index contributed by atoms with van der Waals surface area (Å²) in [5, 5.41) is 15.2. The highest BCUT2D eigenvalue weighted by atomic mass is 16.5. The summed E-state index contributed by atoms with van der Waals surface area (Å²) in [5.74, 6) is 1.42. The lowest BCUT2D eigenvalue weighted by molar-refractivity contribution is -0.146. The standard InChI is InChI=1S/C24H33N5O4/c1-4-5-9-14-32-19-13-12-17(15-20(19)31-3)22-21(16(2)25-24-26-27-28-29(22)24)23(30)33-18-10-7-6-8-11-18/h12-13,15,18,22H,4-11,14H2,1-3H3,(H,25,26,28). The van der Waals surface area contributed by atoms with Gasteiger partial charge in [-0.1, -0.05) is 37.4 Å². The monoisotopic (exact) mass is 455 g/mol. The van der Waals surface area contributed by atoms with Crippen LogP contribution in [0.25, 0.3) is 0 Å². The van der Waals surface area contributed by atoms with Crippen LogP contribution in [0.3, 0.4) is 0 Å². The molecule has 1 atom stereocenters. The van der Waals surface area contributed by atoms with E-state index in [0.717, 1.165) is 50.5 Å². The van der Waals surface area contributed by atoms with Gasteiger partial charge in [-0.3, -0.25) is 0 Å². The largest absolute Gasteiger partial charge is 0.493 e. The number of anilines is 1. The van der Waals surface area contributed by atoms with Crippen molar-refractivity contribution in [3.05, 3.63) is 35.0 Å². The Kier molecular flexibility index (Phi) is 7.47. The van der Waals surface area contributed by atoms with Crippen molar-refractivity contribution < 1.29 is 19.0 Å². The number of carbonyl (C=O) groups is 1. The van der Waals surface area contributed by atoms with Gasteiger partial charge in [0.05, 0.1) is 19.3 Å². The summed E-state index contributed by atoms with van der Waals surface area (Å²) < 4.78 is 19.1. The third-order valence-corrected chi connectivity index (χ3v) is 6.27. The van der Waals surface area contributed by atoms with Gasteiger partial charge in [0.15, 0.2) is 11.5 Å². The average Bonchev–Trinajstić information content (AvgIpc) is 3.29. The van der Waals surface area contributed by atoms with Crippen LogP contribution in [0.5, 0.6) is 11.5 Å². The zero-order chi connectivity index (χ0) is 23.2. The van der Waals surface area contributed by atoms with Crippen LogP contribution in [-0.4, -0.2) is 46.0 Å². The molecule has 0 amide bonds. The van der Waals surface area contributed by atoms with Gasteiger partial charge in [0, 0.05) is 5.70 Å². The first-order valence-corrected chi connectivity index (χ1v) is 11.9. The molecule has 0 bridgehead atoms. The maximum absolute atomic E-state index is 13.4. The Morgan fingerprint density at radius 2 is 2.00 bits per heavy atom. The zero-order valence-corrected chi connectivity index (χ0v) is 19.7. The molecule has 1 N–H and O–H groups in total. The van der Waals surface area contributed by atoms with Crippen molar-refractivity contribution in [1.82, 2.24) is 20.2 Å². The van der Waals surface area contributed by atoms with E-state index in [1.807, 2.05) is 25.1 Å². The Labute approximate surface area is 194 Å². The fraction of sp³-hybridized carbons (Fsp3) is 0.583. The number of hydrogen-bond acceptors (Lipinski definition) is 8. The Morgan fingerprint density at radius 1 is 1.18 bits per heavy atom. The van der Waals surface area contributed by atoms with Crippen LogP contribution in [0.1, 0.15) is 76.8 Å². The van der Waals surface area contributed by atoms with Gasteiger partial charge in [-0.15, -0.1) is 0 Å². The van der Waals surface area contributed by atoms with E-state index in [2.05, 4.69) is 27.8 Å². The molecule has 2 aromatic rings. The van der Waals surface area contributed by atoms with Crippen LogP contribution >= 0.6 is 0 Å². The molecule has 2 aliphatic rings. The maximum Gasteiger partial charge on any atom is 0.338 e. The van der Waals surface area contributed by atoms with E-state index in [0.29, 0.717) is 35.3 Å². The smallest absolute Gasteiger partial charge is 0.338 e. The molecule has 9 heteroatoms. The topological polar surface area (TPSA) is 100 Å². The average molecular weight is 456 g/mol. The molecule has 0 radical (unpaired) electrons. The summed E-state index contributed by atoms with van der Waals surface area (Å²) in [4.78, 5) is 13.4. The third-order valence-electron chi connectivity index (χ3n) is 6.27. The number of nitrogens with zero attached hydrogens (tertiary/aromatic N) is 4. The Bertz CT molecular complexity index is 996. The second-order valence-electron chi connectivity index (χ2n) is 8.64. The third kappa shape index (κ3) is 5.12. The second kappa shape index (κ2) is 10.7. The van der Waals surface area contributed by atoms with E-state index in [9.17, 15) is 4.79 Å². The number of carbonyl (C=O) groups excluding carboxylic acids is 1. The predicted molar refractivity (Wildman–Crippen MR) is 123 cm³/mol. The highest BCUT2D eigenvalue weighted by Gasteiger charge is 2.36. The van der Waals surface area contributed by atoms with Gasteiger partial charge >= 0.3 is 5.97 Å². The number of fused-ring (bicyclic) bond motifs is 1. The summed E-state index contributed by atoms with van der Waals surface area (Å²) in [6.07, 6.45) is 8.38. The van der Waals surface area contributed by atoms with E-state index < -0.39 is 6.04 Å². The number of allylic oxidation sites excluding steroid dienone is 1. The number of tetrazole rings is 1. The number of rotatable bonds is 9. The SMILES string of the molecule is CCCCCOc1ccc(C2C(C(=O)OC3CCCCC3)=C(C)Nc3nnnn32)cc1OC. The Balaban J connectivity index is 1.63. The molecule has 1 unspecified atom stereocenters. The summed E-state index contributed by atoms with van der Waals surface area (Å²) in [5.41, 5.74) is 2.00. The van der Waals surface area contributed by atoms with Crippen molar-refractivity contribution in [3.63, 3.8) is 0 Å². The van der Waals surface area contributed by atoms with Crippen LogP contribution in [0, 0.1) is 0 Å². The second-order valence-corrected chi connectivity index (χ2v) is 8.64. The molecule has 0 spiro atoms. The van der Waals surface area contributed by atoms with E-state index in [4.69, 9.17) is 14.2 Å². The Hall–Kier alpha value is -3.10. The highest BCUT2D eigenvalue weighted by molar-refractivity contribution is 5.92. The van der Waals surface area contributed by atoms with Crippen molar-refractivity contribution in [2.75, 3.05) is 19.0 Å². The predicted octanol–water partition coefficient (Wildman–Crippen LogP) is 4.42. The molecule has 178 valence electrons. The quantitative estimate of drug-likeness (QED) is 0.438. The van der Waals surface area contributed by atoms with Crippen molar-refractivity contribution in [3.8, 4) is 11.5 Å². The summed E-state index contributed by atoms with van der Waals surface area (Å²) >= 11 is 0. The molecule has 1 aromatic heterocycles. The molecule has 1 aromatic carbocycles. The minimum atomic E-state index is -0.532. The highest BCUT2D eigenvalue weighted by Crippen LogP contribution is 2.39. The first-order valence-electron chi connectivity index (χ1n) is 11.9. The minimum Gasteiger partial charge on any atom is -0.493 e. The lowest BCUT2D eigenvalue weighted by atomic mass is 9.94. The molecule has 1 fully saturated rings. The maximum atomic E-state index is 13.4. The van der Waals surface area contributed by atoms with Gasteiger partial charge in [0.1, 0.15) is 12.1 Å². The molecule has 0 saturated heterocycles. The molecular formula is C24H33N5O4. The zero-order valence-electron chi connectivity index (χ0n) is 19.7. The number of methoxy groups -OCH3 is 1. The van der Waals surface area contributed by atoms with Crippen LogP contribution < -0.4 is 14.8 Å². The number of benzene rings is 1. The number of unbranched alkanes of at least 4 members (excludes halogenated alkanes) is 2. The number of nitrogens with one attached hydrogen (secondary N) is 1. The number of esters is 1. The first kappa shape index (κ1) is 23.1. The molecular weight excluding hydrogens is 422 g/mol. The molecule has 33 heavy (non-hydrogen) atoms. The number of ether oxygens (including phenoxy) is 3. The minimum absolute atomic E-state index is 0.0455. The summed E-state index contributed by atoms with van der Waals surface area (Å²) in [6.45, 7) is 4.64. The summed E-state index contributed by atoms with van der Waals surface area (Å²) in [6, 6.07) is 5.17. The number of hydrogen-bond donors (Lipinski definition) is 1. The normalized spacial score (nSPS) is 18.5. The fourth-order valence-electron chi connectivity index (χ4n) is 4.49. The van der Waals surface area contributed by atoms with Gasteiger partial charge in [0.25, 0.3) is 0 Å². The molecule has 4 rings (SSSR count). The van der Waals surface area contributed by atoms with Crippen LogP contribution in [0.2, 0.25) is 0 Å². The van der Waals surface area contributed by atoms with Crippen molar-refractivity contribution in [2.24, 2.45) is 0 Å². The lowest BCUT2D eigenvalue weighted by Crippen LogP contribution is -2.32. The molecule has 1 aliphatic heterocycles. The molecule has 1 saturated carbocycles. The lowest BCUT2D eigenvalue weighted by Gasteiger charge is -2.29. The molecule has 2 heterocycles. The van der Waals surface area contributed by atoms with E-state index in [1.54, 1.807) is 11.8 Å². The van der Waals surface area contributed by atoms with Gasteiger partial charge < -0.3 is 19.5 Å².